The third-order valence-corrected chi connectivity index (χ3v) is 5.58. The van der Waals surface area contributed by atoms with E-state index in [4.69, 9.17) is 4.74 Å². The van der Waals surface area contributed by atoms with E-state index in [1.165, 1.54) is 17.0 Å². The molecule has 1 heterocycles. The maximum Gasteiger partial charge on any atom is 0.293 e. The summed E-state index contributed by atoms with van der Waals surface area (Å²) in [5.74, 6) is 0.00710. The number of unbranched alkanes of at least 4 members (excludes halogenated alkanes) is 1. The number of benzene rings is 2. The Labute approximate surface area is 175 Å². The van der Waals surface area contributed by atoms with Gasteiger partial charge in [-0.2, -0.15) is 0 Å². The molecule has 0 radical (unpaired) electrons. The van der Waals surface area contributed by atoms with Crippen molar-refractivity contribution in [2.24, 2.45) is 0 Å². The number of amides is 2. The quantitative estimate of drug-likeness (QED) is 0.472. The number of thioether (sulfide) groups is 1. The van der Waals surface area contributed by atoms with Gasteiger partial charge in [0.2, 0.25) is 0 Å². The van der Waals surface area contributed by atoms with Gasteiger partial charge in [0.05, 0.1) is 4.91 Å². The number of carbonyl (C=O) groups is 2. The van der Waals surface area contributed by atoms with Gasteiger partial charge in [-0.15, -0.1) is 0 Å². The molecule has 1 saturated heterocycles. The lowest BCUT2D eigenvalue weighted by atomic mass is 10.1. The van der Waals surface area contributed by atoms with Gasteiger partial charge in [0, 0.05) is 16.6 Å². The van der Waals surface area contributed by atoms with Crippen LogP contribution in [0.15, 0.2) is 51.8 Å². The minimum Gasteiger partial charge on any atom is -0.488 e. The molecule has 1 fully saturated rings. The average molecular weight is 464 g/mol. The van der Waals surface area contributed by atoms with Crippen molar-refractivity contribution < 1.29 is 18.7 Å². The van der Waals surface area contributed by atoms with Crippen molar-refractivity contribution in [1.29, 1.82) is 0 Å². The van der Waals surface area contributed by atoms with Crippen molar-refractivity contribution in [3.63, 3.8) is 0 Å². The molecule has 2 aromatic rings. The zero-order valence-electron chi connectivity index (χ0n) is 15.3. The van der Waals surface area contributed by atoms with E-state index in [1.807, 2.05) is 19.1 Å². The molecule has 4 nitrogen and oxygen atoms in total. The molecule has 0 spiro atoms. The molecule has 3 rings (SSSR count). The molecule has 0 aliphatic carbocycles. The molecule has 7 heteroatoms. The number of hydrogen-bond donors (Lipinski definition) is 0. The van der Waals surface area contributed by atoms with E-state index in [0.29, 0.717) is 22.8 Å². The second-order valence-corrected chi connectivity index (χ2v) is 8.19. The number of rotatable bonds is 7. The van der Waals surface area contributed by atoms with Crippen molar-refractivity contribution in [2.75, 3.05) is 6.54 Å². The van der Waals surface area contributed by atoms with Gasteiger partial charge in [0.1, 0.15) is 18.2 Å². The van der Waals surface area contributed by atoms with Crippen LogP contribution in [-0.4, -0.2) is 22.6 Å². The fourth-order valence-electron chi connectivity index (χ4n) is 2.66. The highest BCUT2D eigenvalue weighted by Crippen LogP contribution is 2.35. The minimum absolute atomic E-state index is 0.242. The summed E-state index contributed by atoms with van der Waals surface area (Å²) in [7, 11) is 0. The van der Waals surface area contributed by atoms with Crippen LogP contribution in [0.4, 0.5) is 9.18 Å². The first-order valence-electron chi connectivity index (χ1n) is 8.90. The molecule has 0 unspecified atom stereocenters. The molecular weight excluding hydrogens is 445 g/mol. The second kappa shape index (κ2) is 9.39. The molecule has 146 valence electrons. The number of halogens is 2. The summed E-state index contributed by atoms with van der Waals surface area (Å²) in [4.78, 5) is 26.4. The second-order valence-electron chi connectivity index (χ2n) is 6.28. The van der Waals surface area contributed by atoms with Gasteiger partial charge in [0.25, 0.3) is 11.1 Å². The Kier molecular flexibility index (Phi) is 6.91. The summed E-state index contributed by atoms with van der Waals surface area (Å²) < 4.78 is 19.8. The topological polar surface area (TPSA) is 46.6 Å². The maximum atomic E-state index is 13.0. The maximum absolute atomic E-state index is 13.0. The number of nitrogens with zero attached hydrogens (tertiary/aromatic N) is 1. The van der Waals surface area contributed by atoms with Crippen LogP contribution in [0.1, 0.15) is 30.9 Å². The Hall–Kier alpha value is -2.12. The highest BCUT2D eigenvalue weighted by atomic mass is 79.9. The van der Waals surface area contributed by atoms with Crippen molar-refractivity contribution in [1.82, 2.24) is 4.90 Å². The van der Waals surface area contributed by atoms with Gasteiger partial charge in [-0.1, -0.05) is 41.4 Å². The van der Waals surface area contributed by atoms with Crippen LogP contribution >= 0.6 is 27.7 Å². The molecule has 28 heavy (non-hydrogen) atoms. The van der Waals surface area contributed by atoms with Crippen LogP contribution in [0.2, 0.25) is 0 Å². The highest BCUT2D eigenvalue weighted by molar-refractivity contribution is 9.10. The largest absolute Gasteiger partial charge is 0.488 e. The summed E-state index contributed by atoms with van der Waals surface area (Å²) in [5.41, 5.74) is 1.52. The van der Waals surface area contributed by atoms with Gasteiger partial charge in [-0.25, -0.2) is 4.39 Å². The molecule has 1 aliphatic rings. The molecule has 0 bridgehead atoms. The predicted octanol–water partition coefficient (Wildman–Crippen LogP) is 6.00. The van der Waals surface area contributed by atoms with Crippen molar-refractivity contribution in [2.45, 2.75) is 26.4 Å². The lowest BCUT2D eigenvalue weighted by molar-refractivity contribution is -0.122. The molecule has 0 N–H and O–H groups in total. The monoisotopic (exact) mass is 463 g/mol. The van der Waals surface area contributed by atoms with Crippen LogP contribution in [0.25, 0.3) is 6.08 Å². The van der Waals surface area contributed by atoms with Gasteiger partial charge in [-0.3, -0.25) is 14.5 Å². The van der Waals surface area contributed by atoms with E-state index in [2.05, 4.69) is 15.9 Å². The molecule has 2 amide bonds. The first kappa shape index (κ1) is 20.6. The van der Waals surface area contributed by atoms with Gasteiger partial charge >= 0.3 is 0 Å². The van der Waals surface area contributed by atoms with E-state index >= 15 is 0 Å². The predicted molar refractivity (Wildman–Crippen MR) is 112 cm³/mol. The Bertz CT molecular complexity index is 914. The van der Waals surface area contributed by atoms with Crippen LogP contribution in [0.3, 0.4) is 0 Å². The van der Waals surface area contributed by atoms with E-state index in [9.17, 15) is 14.0 Å². The van der Waals surface area contributed by atoms with E-state index in [1.54, 1.807) is 24.3 Å². The van der Waals surface area contributed by atoms with Crippen molar-refractivity contribution in [3.05, 3.63) is 68.8 Å². The SMILES string of the molecule is CCCCN1C(=O)S/C(=C\c2cc(Br)ccc2OCc2ccc(F)cc2)C1=O. The van der Waals surface area contributed by atoms with E-state index in [-0.39, 0.29) is 23.6 Å². The van der Waals surface area contributed by atoms with Crippen LogP contribution in [0, 0.1) is 5.82 Å². The Balaban J connectivity index is 1.80. The Morgan fingerprint density at radius 2 is 1.93 bits per heavy atom. The van der Waals surface area contributed by atoms with Gasteiger partial charge in [0.15, 0.2) is 0 Å². The number of imide groups is 1. The third-order valence-electron chi connectivity index (χ3n) is 4.17. The van der Waals surface area contributed by atoms with Crippen molar-refractivity contribution >= 4 is 44.9 Å². The minimum atomic E-state index is -0.299. The smallest absolute Gasteiger partial charge is 0.293 e. The molecule has 2 aromatic carbocycles. The summed E-state index contributed by atoms with van der Waals surface area (Å²) in [6.07, 6.45) is 3.38. The first-order valence-corrected chi connectivity index (χ1v) is 10.5. The van der Waals surface area contributed by atoms with Crippen LogP contribution < -0.4 is 4.74 Å². The summed E-state index contributed by atoms with van der Waals surface area (Å²) in [6.45, 7) is 2.72. The lowest BCUT2D eigenvalue weighted by Crippen LogP contribution is -2.29. The molecule has 0 saturated carbocycles. The zero-order valence-corrected chi connectivity index (χ0v) is 17.7. The van der Waals surface area contributed by atoms with Crippen LogP contribution in [0.5, 0.6) is 5.75 Å². The van der Waals surface area contributed by atoms with Crippen LogP contribution in [-0.2, 0) is 11.4 Å². The first-order chi connectivity index (χ1) is 13.5. The zero-order chi connectivity index (χ0) is 20.1. The molecular formula is C21H19BrFNO3S. The average Bonchev–Trinajstić information content (AvgIpc) is 2.94. The molecule has 0 atom stereocenters. The standard InChI is InChI=1S/C21H19BrFNO3S/c1-2-3-10-24-20(25)19(28-21(24)26)12-15-11-16(22)6-9-18(15)27-13-14-4-7-17(23)8-5-14/h4-9,11-12H,2-3,10,13H2,1H3/b19-12-. The fourth-order valence-corrected chi connectivity index (χ4v) is 3.89. The normalized spacial score (nSPS) is 15.5. The number of hydrogen-bond acceptors (Lipinski definition) is 4. The Morgan fingerprint density at radius 1 is 1.18 bits per heavy atom. The number of ether oxygens (including phenoxy) is 1. The summed E-state index contributed by atoms with van der Waals surface area (Å²) in [6, 6.07) is 11.5. The summed E-state index contributed by atoms with van der Waals surface area (Å²) in [5, 5.41) is -0.242. The lowest BCUT2D eigenvalue weighted by Gasteiger charge is -2.11. The molecule has 1 aliphatic heterocycles. The number of carbonyl (C=O) groups excluding carboxylic acids is 2. The third kappa shape index (κ3) is 5.02. The molecule has 0 aromatic heterocycles. The Morgan fingerprint density at radius 3 is 2.64 bits per heavy atom. The summed E-state index contributed by atoms with van der Waals surface area (Å²) >= 11 is 4.37. The fraction of sp³-hybridized carbons (Fsp3) is 0.238. The van der Waals surface area contributed by atoms with Gasteiger partial charge < -0.3 is 4.74 Å². The van der Waals surface area contributed by atoms with Gasteiger partial charge in [-0.05, 0) is 60.2 Å². The van der Waals surface area contributed by atoms with E-state index in [0.717, 1.165) is 34.6 Å². The highest BCUT2D eigenvalue weighted by Gasteiger charge is 2.34. The van der Waals surface area contributed by atoms with E-state index < -0.39 is 0 Å². The van der Waals surface area contributed by atoms with Crippen molar-refractivity contribution in [3.8, 4) is 5.75 Å².